The lowest BCUT2D eigenvalue weighted by atomic mass is 10.3. The van der Waals surface area contributed by atoms with Gasteiger partial charge in [0, 0.05) is 6.20 Å². The van der Waals surface area contributed by atoms with E-state index in [2.05, 4.69) is 21.9 Å². The van der Waals surface area contributed by atoms with E-state index in [0.29, 0.717) is 5.52 Å². The molecule has 2 heterocycles. The summed E-state index contributed by atoms with van der Waals surface area (Å²) in [7, 11) is 0. The standard InChI is InChI=1S/C7H7N3O.C7H17NS/c1-4-2-8-6-5(4)9-3-10-7(6)11;1-2-6-9-7-4-3-5-8/h2-3,8H,1H3,(H,9,10,11);2-8H2,1H3. The van der Waals surface area contributed by atoms with Crippen LogP contribution in [0, 0.1) is 6.92 Å². The van der Waals surface area contributed by atoms with Crippen LogP contribution in [0.5, 0.6) is 0 Å². The Bertz CT molecular complexity index is 543. The van der Waals surface area contributed by atoms with E-state index in [4.69, 9.17) is 5.73 Å². The lowest BCUT2D eigenvalue weighted by molar-refractivity contribution is 0.814. The number of unbranched alkanes of at least 4 members (excludes halogenated alkanes) is 1. The third-order valence-electron chi connectivity index (χ3n) is 2.75. The molecule has 0 spiro atoms. The molecule has 0 saturated heterocycles. The highest BCUT2D eigenvalue weighted by Crippen LogP contribution is 2.08. The lowest BCUT2D eigenvalue weighted by Gasteiger charge is -1.96. The highest BCUT2D eigenvalue weighted by atomic mass is 32.2. The molecule has 20 heavy (non-hydrogen) atoms. The van der Waals surface area contributed by atoms with Crippen LogP contribution in [0.3, 0.4) is 0 Å². The number of thioether (sulfide) groups is 1. The molecule has 0 bridgehead atoms. The van der Waals surface area contributed by atoms with E-state index in [1.165, 1.54) is 37.1 Å². The summed E-state index contributed by atoms with van der Waals surface area (Å²) in [6.07, 6.45) is 6.96. The molecule has 4 N–H and O–H groups in total. The van der Waals surface area contributed by atoms with Gasteiger partial charge in [-0.1, -0.05) is 6.92 Å². The van der Waals surface area contributed by atoms with Crippen molar-refractivity contribution < 1.29 is 0 Å². The molecule has 6 heteroatoms. The summed E-state index contributed by atoms with van der Waals surface area (Å²) in [6.45, 7) is 4.98. The predicted octanol–water partition coefficient (Wildman–Crippen LogP) is 2.43. The fourth-order valence-electron chi connectivity index (χ4n) is 1.68. The molecular formula is C14H24N4OS. The number of aromatic nitrogens is 3. The maximum Gasteiger partial charge on any atom is 0.275 e. The topological polar surface area (TPSA) is 87.6 Å². The predicted molar refractivity (Wildman–Crippen MR) is 87.4 cm³/mol. The maximum atomic E-state index is 11.1. The van der Waals surface area contributed by atoms with Crippen molar-refractivity contribution in [2.45, 2.75) is 33.1 Å². The van der Waals surface area contributed by atoms with Crippen LogP contribution < -0.4 is 11.3 Å². The Morgan fingerprint density at radius 2 is 2.10 bits per heavy atom. The molecule has 0 aromatic carbocycles. The van der Waals surface area contributed by atoms with Crippen molar-refractivity contribution in [2.75, 3.05) is 18.1 Å². The fourth-order valence-corrected chi connectivity index (χ4v) is 2.58. The van der Waals surface area contributed by atoms with Gasteiger partial charge in [-0.15, -0.1) is 0 Å². The fraction of sp³-hybridized carbons (Fsp3) is 0.571. The molecule has 2 aromatic heterocycles. The van der Waals surface area contributed by atoms with Crippen LogP contribution in [-0.2, 0) is 0 Å². The van der Waals surface area contributed by atoms with E-state index >= 15 is 0 Å². The summed E-state index contributed by atoms with van der Waals surface area (Å²) in [6, 6.07) is 0. The van der Waals surface area contributed by atoms with Gasteiger partial charge in [0.05, 0.1) is 11.8 Å². The Hall–Kier alpha value is -1.27. The molecule has 0 fully saturated rings. The molecule has 0 saturated carbocycles. The van der Waals surface area contributed by atoms with Gasteiger partial charge < -0.3 is 15.7 Å². The van der Waals surface area contributed by atoms with Gasteiger partial charge in [0.1, 0.15) is 5.52 Å². The minimum absolute atomic E-state index is 0.122. The third kappa shape index (κ3) is 5.38. The van der Waals surface area contributed by atoms with Crippen molar-refractivity contribution in [3.05, 3.63) is 28.4 Å². The first-order valence-corrected chi connectivity index (χ1v) is 8.15. The summed E-state index contributed by atoms with van der Waals surface area (Å²) >= 11 is 2.04. The van der Waals surface area contributed by atoms with Gasteiger partial charge in [-0.05, 0) is 49.8 Å². The van der Waals surface area contributed by atoms with Gasteiger partial charge >= 0.3 is 0 Å². The largest absolute Gasteiger partial charge is 0.355 e. The van der Waals surface area contributed by atoms with Crippen LogP contribution in [0.2, 0.25) is 0 Å². The van der Waals surface area contributed by atoms with Gasteiger partial charge in [-0.25, -0.2) is 4.98 Å². The minimum atomic E-state index is -0.122. The molecule has 0 atom stereocenters. The SMILES string of the molecule is CCCSCCCCN.Cc1c[nH]c2c(=O)[nH]cnc12. The van der Waals surface area contributed by atoms with Crippen molar-refractivity contribution >= 4 is 22.8 Å². The summed E-state index contributed by atoms with van der Waals surface area (Å²) in [5, 5.41) is 0. The second kappa shape index (κ2) is 9.61. The number of rotatable bonds is 6. The first kappa shape index (κ1) is 16.8. The smallest absolute Gasteiger partial charge is 0.275 e. The average Bonchev–Trinajstić information content (AvgIpc) is 2.83. The number of hydrogen-bond donors (Lipinski definition) is 3. The molecule has 0 radical (unpaired) electrons. The normalized spacial score (nSPS) is 10.3. The van der Waals surface area contributed by atoms with Crippen LogP contribution >= 0.6 is 11.8 Å². The molecule has 2 aromatic rings. The van der Waals surface area contributed by atoms with Gasteiger partial charge in [-0.2, -0.15) is 11.8 Å². The number of nitrogens with one attached hydrogen (secondary N) is 2. The average molecular weight is 296 g/mol. The number of hydrogen-bond acceptors (Lipinski definition) is 4. The van der Waals surface area contributed by atoms with E-state index < -0.39 is 0 Å². The van der Waals surface area contributed by atoms with Crippen LogP contribution in [0.1, 0.15) is 31.7 Å². The molecule has 5 nitrogen and oxygen atoms in total. The Kier molecular flexibility index (Phi) is 8.06. The minimum Gasteiger partial charge on any atom is -0.355 e. The van der Waals surface area contributed by atoms with Gasteiger partial charge in [0.25, 0.3) is 5.56 Å². The molecule has 112 valence electrons. The zero-order chi connectivity index (χ0) is 14.8. The van der Waals surface area contributed by atoms with Crippen molar-refractivity contribution in [1.82, 2.24) is 15.0 Å². The first-order chi connectivity index (χ1) is 9.70. The number of nitrogens with zero attached hydrogens (tertiary/aromatic N) is 1. The van der Waals surface area contributed by atoms with Gasteiger partial charge in [0.2, 0.25) is 0 Å². The van der Waals surface area contributed by atoms with Crippen LogP contribution in [0.25, 0.3) is 11.0 Å². The van der Waals surface area contributed by atoms with Crippen molar-refractivity contribution in [1.29, 1.82) is 0 Å². The Morgan fingerprint density at radius 1 is 1.30 bits per heavy atom. The Morgan fingerprint density at radius 3 is 2.75 bits per heavy atom. The molecule has 0 aliphatic heterocycles. The summed E-state index contributed by atoms with van der Waals surface area (Å²) < 4.78 is 0. The quantitative estimate of drug-likeness (QED) is 0.714. The molecule has 0 aliphatic rings. The van der Waals surface area contributed by atoms with E-state index in [1.807, 2.05) is 18.7 Å². The zero-order valence-electron chi connectivity index (χ0n) is 12.2. The first-order valence-electron chi connectivity index (χ1n) is 6.99. The number of nitrogens with two attached hydrogens (primary N) is 1. The number of aromatic amines is 2. The van der Waals surface area contributed by atoms with E-state index in [1.54, 1.807) is 6.20 Å². The number of fused-ring (bicyclic) bond motifs is 1. The highest BCUT2D eigenvalue weighted by Gasteiger charge is 2.01. The molecule has 0 aliphatic carbocycles. The van der Waals surface area contributed by atoms with Gasteiger partial charge in [0.15, 0.2) is 0 Å². The highest BCUT2D eigenvalue weighted by molar-refractivity contribution is 7.99. The summed E-state index contributed by atoms with van der Waals surface area (Å²) in [4.78, 5) is 20.4. The van der Waals surface area contributed by atoms with E-state index in [0.717, 1.165) is 17.6 Å². The molecular weight excluding hydrogens is 272 g/mol. The van der Waals surface area contributed by atoms with Crippen molar-refractivity contribution in [3.8, 4) is 0 Å². The third-order valence-corrected chi connectivity index (χ3v) is 4.03. The van der Waals surface area contributed by atoms with Crippen LogP contribution in [0.15, 0.2) is 17.3 Å². The van der Waals surface area contributed by atoms with Crippen molar-refractivity contribution in [3.63, 3.8) is 0 Å². The number of H-pyrrole nitrogens is 2. The Labute approximate surface area is 123 Å². The van der Waals surface area contributed by atoms with Crippen LogP contribution in [0.4, 0.5) is 0 Å². The van der Waals surface area contributed by atoms with Crippen molar-refractivity contribution in [2.24, 2.45) is 5.73 Å². The molecule has 0 amide bonds. The van der Waals surface area contributed by atoms with Crippen LogP contribution in [-0.4, -0.2) is 33.0 Å². The monoisotopic (exact) mass is 296 g/mol. The second-order valence-corrected chi connectivity index (χ2v) is 5.76. The molecule has 0 unspecified atom stereocenters. The van der Waals surface area contributed by atoms with E-state index in [-0.39, 0.29) is 5.56 Å². The lowest BCUT2D eigenvalue weighted by Crippen LogP contribution is -2.05. The number of aryl methyl sites for hydroxylation is 1. The zero-order valence-corrected chi connectivity index (χ0v) is 13.1. The molecule has 2 rings (SSSR count). The van der Waals surface area contributed by atoms with E-state index in [9.17, 15) is 4.79 Å². The maximum absolute atomic E-state index is 11.1. The van der Waals surface area contributed by atoms with Gasteiger partial charge in [-0.3, -0.25) is 4.79 Å². The summed E-state index contributed by atoms with van der Waals surface area (Å²) in [5.41, 5.74) is 7.49. The second-order valence-electron chi connectivity index (χ2n) is 4.54. The Balaban J connectivity index is 0.000000206. The summed E-state index contributed by atoms with van der Waals surface area (Å²) in [5.74, 6) is 2.61.